The summed E-state index contributed by atoms with van der Waals surface area (Å²) in [5.41, 5.74) is -0.192. The van der Waals surface area contributed by atoms with E-state index >= 15 is 0 Å². The Balaban J connectivity index is 4.19. The summed E-state index contributed by atoms with van der Waals surface area (Å²) in [7, 11) is -1.40. The summed E-state index contributed by atoms with van der Waals surface area (Å²) in [4.78, 5) is 0. The molecule has 1 N–H and O–H groups in total. The number of rotatable bonds is 6. The zero-order valence-electron chi connectivity index (χ0n) is 11.3. The Morgan fingerprint density at radius 1 is 1.12 bits per heavy atom. The van der Waals surface area contributed by atoms with Crippen molar-refractivity contribution in [3.63, 3.8) is 0 Å². The average Bonchev–Trinajstić information content (AvgIpc) is 2.00. The van der Waals surface area contributed by atoms with Gasteiger partial charge in [0.2, 0.25) is 0 Å². The largest absolute Gasteiger partial charge is 0.383 e. The summed E-state index contributed by atoms with van der Waals surface area (Å²) < 4.78 is 28.0. The number of ether oxygens (including phenoxy) is 1. The van der Waals surface area contributed by atoms with Crippen LogP contribution in [0.3, 0.4) is 0 Å². The van der Waals surface area contributed by atoms with Gasteiger partial charge in [-0.15, -0.1) is 0 Å². The molecule has 0 amide bonds. The highest BCUT2D eigenvalue weighted by Gasteiger charge is 2.29. The minimum Gasteiger partial charge on any atom is -0.383 e. The van der Waals surface area contributed by atoms with Crippen LogP contribution in [-0.2, 0) is 14.6 Å². The summed E-state index contributed by atoms with van der Waals surface area (Å²) in [5, 5.41) is 3.18. The lowest BCUT2D eigenvalue weighted by Crippen LogP contribution is -2.46. The zero-order chi connectivity index (χ0) is 13.0. The third kappa shape index (κ3) is 5.27. The molecule has 0 radical (unpaired) electrons. The third-order valence-electron chi connectivity index (χ3n) is 2.41. The lowest BCUT2D eigenvalue weighted by Gasteiger charge is -2.26. The Morgan fingerprint density at radius 2 is 1.62 bits per heavy atom. The van der Waals surface area contributed by atoms with Crippen LogP contribution < -0.4 is 5.32 Å². The molecule has 0 aromatic heterocycles. The Labute approximate surface area is 99.7 Å². The van der Waals surface area contributed by atoms with Gasteiger partial charge in [0.25, 0.3) is 0 Å². The Morgan fingerprint density at radius 3 is 2.00 bits per heavy atom. The molecule has 0 saturated carbocycles. The van der Waals surface area contributed by atoms with Crippen molar-refractivity contribution in [2.45, 2.75) is 44.9 Å². The van der Waals surface area contributed by atoms with Gasteiger partial charge in [0.15, 0.2) is 9.84 Å². The molecule has 0 heterocycles. The molecule has 0 aliphatic heterocycles. The summed E-state index contributed by atoms with van der Waals surface area (Å²) in [6.07, 6.45) is 0. The van der Waals surface area contributed by atoms with Crippen molar-refractivity contribution in [2.24, 2.45) is 0 Å². The molecule has 0 fully saturated rings. The summed E-state index contributed by atoms with van der Waals surface area (Å²) in [6.45, 7) is 10.2. The minimum absolute atomic E-state index is 0.156. The van der Waals surface area contributed by atoms with Crippen LogP contribution in [0.1, 0.15) is 34.6 Å². The molecule has 98 valence electrons. The van der Waals surface area contributed by atoms with Crippen molar-refractivity contribution in [1.82, 2.24) is 5.32 Å². The normalized spacial score (nSPS) is 14.1. The van der Waals surface area contributed by atoms with Crippen LogP contribution in [-0.4, -0.2) is 44.7 Å². The van der Waals surface area contributed by atoms with Crippen LogP contribution in [0.15, 0.2) is 0 Å². The van der Waals surface area contributed by atoms with Crippen LogP contribution in [0.4, 0.5) is 0 Å². The predicted octanol–water partition coefficient (Wildman–Crippen LogP) is 1.21. The van der Waals surface area contributed by atoms with Gasteiger partial charge in [0, 0.05) is 19.2 Å². The maximum atomic E-state index is 11.8. The van der Waals surface area contributed by atoms with E-state index in [0.717, 1.165) is 0 Å². The maximum Gasteiger partial charge on any atom is 0.156 e. The second-order valence-electron chi connectivity index (χ2n) is 5.67. The SMILES string of the molecule is COCC(C)(C)NCCS(=O)(=O)C(C)(C)C. The van der Waals surface area contributed by atoms with Gasteiger partial charge in [0.1, 0.15) is 0 Å². The van der Waals surface area contributed by atoms with Crippen LogP contribution >= 0.6 is 0 Å². The highest BCUT2D eigenvalue weighted by molar-refractivity contribution is 7.92. The number of nitrogens with one attached hydrogen (secondary N) is 1. The highest BCUT2D eigenvalue weighted by Crippen LogP contribution is 2.15. The van der Waals surface area contributed by atoms with E-state index in [1.165, 1.54) is 0 Å². The van der Waals surface area contributed by atoms with Crippen molar-refractivity contribution < 1.29 is 13.2 Å². The van der Waals surface area contributed by atoms with Gasteiger partial charge in [-0.1, -0.05) is 0 Å². The fourth-order valence-electron chi connectivity index (χ4n) is 1.24. The van der Waals surface area contributed by atoms with E-state index < -0.39 is 14.6 Å². The van der Waals surface area contributed by atoms with Gasteiger partial charge < -0.3 is 10.1 Å². The van der Waals surface area contributed by atoms with Crippen LogP contribution in [0.25, 0.3) is 0 Å². The number of hydrogen-bond donors (Lipinski definition) is 1. The van der Waals surface area contributed by atoms with Crippen molar-refractivity contribution in [3.8, 4) is 0 Å². The maximum absolute atomic E-state index is 11.8. The van der Waals surface area contributed by atoms with Crippen molar-refractivity contribution in [3.05, 3.63) is 0 Å². The molecule has 0 unspecified atom stereocenters. The molecule has 0 spiro atoms. The Kier molecular flexibility index (Phi) is 5.42. The molecule has 16 heavy (non-hydrogen) atoms. The van der Waals surface area contributed by atoms with Crippen LogP contribution in [0.5, 0.6) is 0 Å². The van der Waals surface area contributed by atoms with E-state index in [-0.39, 0.29) is 11.3 Å². The average molecular weight is 251 g/mol. The molecular formula is C11H25NO3S. The second-order valence-corrected chi connectivity index (χ2v) is 8.54. The zero-order valence-corrected chi connectivity index (χ0v) is 12.1. The van der Waals surface area contributed by atoms with Gasteiger partial charge >= 0.3 is 0 Å². The number of hydrogen-bond acceptors (Lipinski definition) is 4. The predicted molar refractivity (Wildman–Crippen MR) is 67.5 cm³/mol. The highest BCUT2D eigenvalue weighted by atomic mass is 32.2. The Hall–Kier alpha value is -0.130. The molecule has 0 aliphatic carbocycles. The molecule has 0 aliphatic rings. The van der Waals surface area contributed by atoms with E-state index in [1.807, 2.05) is 13.8 Å². The monoisotopic (exact) mass is 251 g/mol. The van der Waals surface area contributed by atoms with Gasteiger partial charge in [0.05, 0.1) is 17.1 Å². The molecule has 0 bridgehead atoms. The quantitative estimate of drug-likeness (QED) is 0.771. The summed E-state index contributed by atoms with van der Waals surface area (Å²) >= 11 is 0. The molecule has 0 saturated heterocycles. The molecule has 5 heteroatoms. The molecule has 0 atom stereocenters. The van der Waals surface area contributed by atoms with Gasteiger partial charge in [-0.3, -0.25) is 0 Å². The first-order valence-electron chi connectivity index (χ1n) is 5.48. The van der Waals surface area contributed by atoms with E-state index in [4.69, 9.17) is 4.74 Å². The first-order chi connectivity index (χ1) is 7.02. The number of methoxy groups -OCH3 is 1. The lowest BCUT2D eigenvalue weighted by atomic mass is 10.1. The topological polar surface area (TPSA) is 55.4 Å². The Bertz CT molecular complexity index is 302. The third-order valence-corrected chi connectivity index (χ3v) is 5.02. The lowest BCUT2D eigenvalue weighted by molar-refractivity contribution is 0.130. The molecule has 0 aromatic rings. The fourth-order valence-corrected chi connectivity index (χ4v) is 2.23. The van der Waals surface area contributed by atoms with Gasteiger partial charge in [-0.25, -0.2) is 8.42 Å². The first-order valence-corrected chi connectivity index (χ1v) is 7.13. The molecular weight excluding hydrogens is 226 g/mol. The van der Waals surface area contributed by atoms with Gasteiger partial charge in [-0.2, -0.15) is 0 Å². The van der Waals surface area contributed by atoms with E-state index in [9.17, 15) is 8.42 Å². The van der Waals surface area contributed by atoms with Crippen LogP contribution in [0.2, 0.25) is 0 Å². The van der Waals surface area contributed by atoms with Crippen molar-refractivity contribution in [1.29, 1.82) is 0 Å². The fraction of sp³-hybridized carbons (Fsp3) is 1.00. The summed E-state index contributed by atoms with van der Waals surface area (Å²) in [5.74, 6) is 0.156. The smallest absolute Gasteiger partial charge is 0.156 e. The second kappa shape index (κ2) is 5.47. The number of sulfone groups is 1. The van der Waals surface area contributed by atoms with Crippen LogP contribution in [0, 0.1) is 0 Å². The van der Waals surface area contributed by atoms with Crippen molar-refractivity contribution in [2.75, 3.05) is 26.0 Å². The molecule has 0 aromatic carbocycles. The molecule has 0 rings (SSSR count). The van der Waals surface area contributed by atoms with E-state index in [1.54, 1.807) is 27.9 Å². The summed E-state index contributed by atoms with van der Waals surface area (Å²) in [6, 6.07) is 0. The van der Waals surface area contributed by atoms with E-state index in [2.05, 4.69) is 5.32 Å². The van der Waals surface area contributed by atoms with E-state index in [0.29, 0.717) is 13.2 Å². The van der Waals surface area contributed by atoms with Crippen molar-refractivity contribution >= 4 is 9.84 Å². The first kappa shape index (κ1) is 15.9. The molecule has 4 nitrogen and oxygen atoms in total. The van der Waals surface area contributed by atoms with Gasteiger partial charge in [-0.05, 0) is 34.6 Å². The minimum atomic E-state index is -3.04. The standard InChI is InChI=1S/C11H25NO3S/c1-10(2,3)16(13,14)8-7-12-11(4,5)9-15-6/h12H,7-9H2,1-6H3.